The molecule has 1 atom stereocenters. The summed E-state index contributed by atoms with van der Waals surface area (Å²) in [6.07, 6.45) is 1.14. The Kier molecular flexibility index (Phi) is 4.99. The Labute approximate surface area is 119 Å². The van der Waals surface area contributed by atoms with Crippen LogP contribution in [0.15, 0.2) is 42.5 Å². The molecule has 1 amide bonds. The van der Waals surface area contributed by atoms with Crippen molar-refractivity contribution in [3.05, 3.63) is 42.5 Å². The summed E-state index contributed by atoms with van der Waals surface area (Å²) >= 11 is 0. The Hall–Kier alpha value is -2.03. The van der Waals surface area contributed by atoms with Gasteiger partial charge in [0.1, 0.15) is 5.75 Å². The second kappa shape index (κ2) is 6.94. The molecule has 106 valence electrons. The van der Waals surface area contributed by atoms with E-state index >= 15 is 0 Å². The normalized spacial score (nSPS) is 12.1. The van der Waals surface area contributed by atoms with Crippen LogP contribution in [0.25, 0.3) is 10.8 Å². The molecule has 20 heavy (non-hydrogen) atoms. The fraction of sp³-hybridized carbons (Fsp3) is 0.353. The van der Waals surface area contributed by atoms with Gasteiger partial charge in [0.15, 0.2) is 6.10 Å². The first-order valence-electron chi connectivity index (χ1n) is 7.18. The van der Waals surface area contributed by atoms with Gasteiger partial charge in [0.2, 0.25) is 0 Å². The minimum absolute atomic E-state index is 0.0396. The molecule has 0 saturated carbocycles. The van der Waals surface area contributed by atoms with Crippen molar-refractivity contribution < 1.29 is 9.53 Å². The van der Waals surface area contributed by atoms with E-state index < -0.39 is 6.10 Å². The summed E-state index contributed by atoms with van der Waals surface area (Å²) in [5.74, 6) is 0.726. The molecule has 0 heterocycles. The average Bonchev–Trinajstić information content (AvgIpc) is 2.50. The lowest BCUT2D eigenvalue weighted by Crippen LogP contribution is -2.38. The van der Waals surface area contributed by atoms with Crippen LogP contribution in [0, 0.1) is 0 Å². The van der Waals surface area contributed by atoms with E-state index in [-0.39, 0.29) is 5.91 Å². The third-order valence-electron chi connectivity index (χ3n) is 3.23. The van der Waals surface area contributed by atoms with Crippen molar-refractivity contribution in [1.29, 1.82) is 0 Å². The fourth-order valence-corrected chi connectivity index (χ4v) is 2.14. The maximum Gasteiger partial charge on any atom is 0.261 e. The van der Waals surface area contributed by atoms with Gasteiger partial charge >= 0.3 is 0 Å². The van der Waals surface area contributed by atoms with Crippen molar-refractivity contribution in [2.75, 3.05) is 6.54 Å². The Morgan fingerprint density at radius 2 is 1.90 bits per heavy atom. The molecular formula is C17H21NO2. The molecule has 2 aromatic rings. The van der Waals surface area contributed by atoms with Crippen LogP contribution in [-0.4, -0.2) is 18.6 Å². The van der Waals surface area contributed by atoms with E-state index in [2.05, 4.69) is 5.32 Å². The van der Waals surface area contributed by atoms with E-state index in [1.165, 1.54) is 0 Å². The highest BCUT2D eigenvalue weighted by Crippen LogP contribution is 2.26. The molecule has 2 rings (SSSR count). The number of fused-ring (bicyclic) bond motifs is 1. The second-order valence-corrected chi connectivity index (χ2v) is 4.78. The van der Waals surface area contributed by atoms with Gasteiger partial charge in [-0.3, -0.25) is 4.79 Å². The van der Waals surface area contributed by atoms with Crippen molar-refractivity contribution in [2.45, 2.75) is 32.8 Å². The highest BCUT2D eigenvalue weighted by atomic mass is 16.5. The van der Waals surface area contributed by atoms with Crippen molar-refractivity contribution >= 4 is 16.7 Å². The maximum atomic E-state index is 12.0. The van der Waals surface area contributed by atoms with Crippen LogP contribution in [0.3, 0.4) is 0 Å². The minimum atomic E-state index is -0.438. The molecule has 0 bridgehead atoms. The predicted molar refractivity (Wildman–Crippen MR) is 82.0 cm³/mol. The lowest BCUT2D eigenvalue weighted by atomic mass is 10.1. The van der Waals surface area contributed by atoms with Crippen LogP contribution in [0.4, 0.5) is 0 Å². The molecule has 0 aromatic heterocycles. The fourth-order valence-electron chi connectivity index (χ4n) is 2.14. The highest BCUT2D eigenvalue weighted by Gasteiger charge is 2.18. The second-order valence-electron chi connectivity index (χ2n) is 4.78. The molecule has 0 aliphatic heterocycles. The average molecular weight is 271 g/mol. The van der Waals surface area contributed by atoms with E-state index in [0.717, 1.165) is 22.9 Å². The number of carbonyl (C=O) groups is 1. The SMILES string of the molecule is CCCNC(=O)[C@H](CC)Oc1cccc2ccccc12. The molecule has 1 N–H and O–H groups in total. The summed E-state index contributed by atoms with van der Waals surface area (Å²) in [5, 5.41) is 5.05. The Morgan fingerprint density at radius 1 is 1.15 bits per heavy atom. The molecular weight excluding hydrogens is 250 g/mol. The zero-order valence-corrected chi connectivity index (χ0v) is 12.1. The van der Waals surface area contributed by atoms with E-state index in [1.807, 2.05) is 56.3 Å². The molecule has 0 unspecified atom stereocenters. The smallest absolute Gasteiger partial charge is 0.261 e. The first-order valence-corrected chi connectivity index (χ1v) is 7.18. The number of nitrogens with one attached hydrogen (secondary N) is 1. The summed E-state index contributed by atoms with van der Waals surface area (Å²) in [4.78, 5) is 12.0. The number of amides is 1. The van der Waals surface area contributed by atoms with Crippen LogP contribution in [0.5, 0.6) is 5.75 Å². The van der Waals surface area contributed by atoms with E-state index in [4.69, 9.17) is 4.74 Å². The van der Waals surface area contributed by atoms with Gasteiger partial charge in [-0.05, 0) is 24.3 Å². The van der Waals surface area contributed by atoms with Gasteiger partial charge in [-0.25, -0.2) is 0 Å². The zero-order valence-electron chi connectivity index (χ0n) is 12.1. The van der Waals surface area contributed by atoms with Crippen molar-refractivity contribution in [3.8, 4) is 5.75 Å². The van der Waals surface area contributed by atoms with Gasteiger partial charge in [0.05, 0.1) is 0 Å². The topological polar surface area (TPSA) is 38.3 Å². The van der Waals surface area contributed by atoms with Gasteiger partial charge in [-0.15, -0.1) is 0 Å². The van der Waals surface area contributed by atoms with Crippen LogP contribution in [-0.2, 0) is 4.79 Å². The van der Waals surface area contributed by atoms with Gasteiger partial charge in [-0.2, -0.15) is 0 Å². The van der Waals surface area contributed by atoms with Gasteiger partial charge in [0.25, 0.3) is 5.91 Å². The molecule has 0 fully saturated rings. The molecule has 0 aliphatic rings. The molecule has 2 aromatic carbocycles. The third kappa shape index (κ3) is 3.29. The summed E-state index contributed by atoms with van der Waals surface area (Å²) in [5.41, 5.74) is 0. The summed E-state index contributed by atoms with van der Waals surface area (Å²) in [7, 11) is 0. The van der Waals surface area contributed by atoms with Crippen molar-refractivity contribution in [3.63, 3.8) is 0 Å². The van der Waals surface area contributed by atoms with Gasteiger partial charge in [-0.1, -0.05) is 50.2 Å². The minimum Gasteiger partial charge on any atom is -0.480 e. The quantitative estimate of drug-likeness (QED) is 0.873. The lowest BCUT2D eigenvalue weighted by molar-refractivity contribution is -0.128. The van der Waals surface area contributed by atoms with Crippen LogP contribution in [0.1, 0.15) is 26.7 Å². The van der Waals surface area contributed by atoms with Gasteiger partial charge in [0, 0.05) is 11.9 Å². The largest absolute Gasteiger partial charge is 0.480 e. The number of carbonyl (C=O) groups excluding carboxylic acids is 1. The lowest BCUT2D eigenvalue weighted by Gasteiger charge is -2.18. The zero-order chi connectivity index (χ0) is 14.4. The number of benzene rings is 2. The number of rotatable bonds is 6. The standard InChI is InChI=1S/C17H21NO2/c1-3-12-18-17(19)15(4-2)20-16-11-7-9-13-8-5-6-10-14(13)16/h5-11,15H,3-4,12H2,1-2H3,(H,18,19)/t15-/m0/s1. The van der Waals surface area contributed by atoms with Crippen LogP contribution < -0.4 is 10.1 Å². The van der Waals surface area contributed by atoms with Gasteiger partial charge < -0.3 is 10.1 Å². The summed E-state index contributed by atoms with van der Waals surface area (Å²) in [6, 6.07) is 13.9. The Balaban J connectivity index is 2.19. The molecule has 3 nitrogen and oxygen atoms in total. The number of ether oxygens (including phenoxy) is 1. The Bertz CT molecular complexity index is 575. The van der Waals surface area contributed by atoms with E-state index in [1.54, 1.807) is 0 Å². The number of hydrogen-bond donors (Lipinski definition) is 1. The van der Waals surface area contributed by atoms with E-state index in [0.29, 0.717) is 13.0 Å². The summed E-state index contributed by atoms with van der Waals surface area (Å²) < 4.78 is 5.92. The molecule has 3 heteroatoms. The predicted octanol–water partition coefficient (Wildman–Crippen LogP) is 3.52. The summed E-state index contributed by atoms with van der Waals surface area (Å²) in [6.45, 7) is 4.68. The molecule has 0 saturated heterocycles. The molecule has 0 radical (unpaired) electrons. The maximum absolute atomic E-state index is 12.0. The Morgan fingerprint density at radius 3 is 2.65 bits per heavy atom. The number of hydrogen-bond acceptors (Lipinski definition) is 2. The molecule has 0 spiro atoms. The first kappa shape index (κ1) is 14.4. The van der Waals surface area contributed by atoms with E-state index in [9.17, 15) is 4.79 Å². The molecule has 0 aliphatic carbocycles. The monoisotopic (exact) mass is 271 g/mol. The van der Waals surface area contributed by atoms with Crippen molar-refractivity contribution in [1.82, 2.24) is 5.32 Å². The third-order valence-corrected chi connectivity index (χ3v) is 3.23. The van der Waals surface area contributed by atoms with Crippen LogP contribution >= 0.6 is 0 Å². The first-order chi connectivity index (χ1) is 9.76. The van der Waals surface area contributed by atoms with Crippen molar-refractivity contribution in [2.24, 2.45) is 0 Å². The highest BCUT2D eigenvalue weighted by molar-refractivity contribution is 5.89. The van der Waals surface area contributed by atoms with Crippen LogP contribution in [0.2, 0.25) is 0 Å².